The van der Waals surface area contributed by atoms with Crippen molar-refractivity contribution in [2.45, 2.75) is 20.4 Å². The van der Waals surface area contributed by atoms with Crippen molar-refractivity contribution in [3.8, 4) is 17.0 Å². The number of nitrogens with zero attached hydrogens (tertiary/aromatic N) is 2. The Morgan fingerprint density at radius 3 is 2.12 bits per heavy atom. The molecule has 0 saturated heterocycles. The third-order valence-corrected chi connectivity index (χ3v) is 7.92. The third kappa shape index (κ3) is 5.65. The Morgan fingerprint density at radius 2 is 1.61 bits per heavy atom. The minimum Gasteiger partial charge on any atom is -0.497 e. The molecule has 0 aliphatic heterocycles. The highest BCUT2D eigenvalue weighted by Gasteiger charge is 2.41. The number of anilines is 1. The first-order valence-electron chi connectivity index (χ1n) is 10.3. The molecule has 3 aromatic rings. The van der Waals surface area contributed by atoms with Crippen molar-refractivity contribution in [1.29, 1.82) is 0 Å². The summed E-state index contributed by atoms with van der Waals surface area (Å²) in [6.07, 6.45) is 1.04. The monoisotopic (exact) mass is 494 g/mol. The molecule has 11 heteroatoms. The lowest BCUT2D eigenvalue weighted by Crippen LogP contribution is -2.33. The van der Waals surface area contributed by atoms with Crippen LogP contribution in [0.2, 0.25) is 0 Å². The molecule has 1 heterocycles. The van der Waals surface area contributed by atoms with Gasteiger partial charge in [-0.15, -0.1) is 0 Å². The average Bonchev–Trinajstić information content (AvgIpc) is 3.23. The molecular formula is C22H27N2O7PS. The van der Waals surface area contributed by atoms with Crippen molar-refractivity contribution < 1.29 is 31.3 Å². The number of hydrogen-bond donors (Lipinski definition) is 0. The fourth-order valence-corrected chi connectivity index (χ4v) is 5.93. The number of sulfonamides is 1. The highest BCUT2D eigenvalue weighted by molar-refractivity contribution is 7.92. The van der Waals surface area contributed by atoms with Crippen LogP contribution >= 0.6 is 7.60 Å². The van der Waals surface area contributed by atoms with Gasteiger partial charge in [0.05, 0.1) is 33.1 Å². The predicted octanol–water partition coefficient (Wildman–Crippen LogP) is 4.21. The second kappa shape index (κ2) is 10.5. The maximum absolute atomic E-state index is 13.9. The normalized spacial score (nSPS) is 12.0. The maximum Gasteiger partial charge on any atom is 0.369 e. The van der Waals surface area contributed by atoms with E-state index >= 15 is 0 Å². The summed E-state index contributed by atoms with van der Waals surface area (Å²) in [5.41, 5.74) is 1.44. The second-order valence-electron chi connectivity index (χ2n) is 7.00. The number of ether oxygens (including phenoxy) is 1. The van der Waals surface area contributed by atoms with Gasteiger partial charge in [-0.3, -0.25) is 4.57 Å². The fraction of sp³-hybridized carbons (Fsp3) is 0.318. The summed E-state index contributed by atoms with van der Waals surface area (Å²) in [5, 5.41) is 4.06. The van der Waals surface area contributed by atoms with Gasteiger partial charge in [0, 0.05) is 5.56 Å². The molecule has 0 saturated carbocycles. The molecule has 0 N–H and O–H groups in total. The quantitative estimate of drug-likeness (QED) is 0.365. The highest BCUT2D eigenvalue weighted by Crippen LogP contribution is 2.52. The zero-order valence-corrected chi connectivity index (χ0v) is 20.6. The topological polar surface area (TPSA) is 108 Å². The Balaban J connectivity index is 2.21. The van der Waals surface area contributed by atoms with Crippen LogP contribution in [0.4, 0.5) is 5.88 Å². The van der Waals surface area contributed by atoms with E-state index in [4.69, 9.17) is 18.3 Å². The molecule has 0 unspecified atom stereocenters. The first kappa shape index (κ1) is 25.0. The van der Waals surface area contributed by atoms with Crippen LogP contribution in [0.3, 0.4) is 0 Å². The van der Waals surface area contributed by atoms with Crippen LogP contribution in [0, 0.1) is 0 Å². The Bertz CT molecular complexity index is 1200. The van der Waals surface area contributed by atoms with E-state index in [1.165, 1.54) is 0 Å². The van der Waals surface area contributed by atoms with Gasteiger partial charge in [0.2, 0.25) is 10.0 Å². The van der Waals surface area contributed by atoms with Crippen LogP contribution in [0.15, 0.2) is 59.1 Å². The molecule has 0 aliphatic carbocycles. The summed E-state index contributed by atoms with van der Waals surface area (Å²) < 4.78 is 62.4. The van der Waals surface area contributed by atoms with Gasteiger partial charge in [-0.2, -0.15) is 0 Å². The van der Waals surface area contributed by atoms with E-state index in [9.17, 15) is 13.0 Å². The zero-order chi connectivity index (χ0) is 24.1. The Hall–Kier alpha value is -2.65. The number of benzene rings is 2. The fourth-order valence-electron chi connectivity index (χ4n) is 3.22. The minimum atomic E-state index is -3.99. The molecule has 0 fully saturated rings. The maximum atomic E-state index is 13.9. The van der Waals surface area contributed by atoms with Gasteiger partial charge >= 0.3 is 7.60 Å². The lowest BCUT2D eigenvalue weighted by Gasteiger charge is -2.23. The summed E-state index contributed by atoms with van der Waals surface area (Å²) in [7, 11) is -6.32. The van der Waals surface area contributed by atoms with Crippen molar-refractivity contribution in [2.24, 2.45) is 0 Å². The van der Waals surface area contributed by atoms with Gasteiger partial charge in [-0.25, -0.2) is 12.7 Å². The van der Waals surface area contributed by atoms with E-state index in [2.05, 4.69) is 5.16 Å². The minimum absolute atomic E-state index is 0.0312. The van der Waals surface area contributed by atoms with E-state index in [-0.39, 0.29) is 36.6 Å². The van der Waals surface area contributed by atoms with E-state index < -0.39 is 17.6 Å². The van der Waals surface area contributed by atoms with Crippen molar-refractivity contribution in [3.05, 3.63) is 60.2 Å². The molecule has 0 spiro atoms. The van der Waals surface area contributed by atoms with Crippen molar-refractivity contribution >= 4 is 28.8 Å². The smallest absolute Gasteiger partial charge is 0.369 e. The molecule has 0 atom stereocenters. The summed E-state index contributed by atoms with van der Waals surface area (Å²) in [6, 6.07) is 15.8. The van der Waals surface area contributed by atoms with Crippen LogP contribution in [-0.2, 0) is 30.2 Å². The first-order chi connectivity index (χ1) is 15.7. The standard InChI is InChI=1S/C22H27N2O7PS/c1-5-29-32(25,30-6-2)21-20(18-10-8-7-9-11-18)23-31-22(21)24(33(4,26)27)16-17-12-14-19(28-3)15-13-17/h7-15H,5-6,16H2,1-4H3. The summed E-state index contributed by atoms with van der Waals surface area (Å²) in [5.74, 6) is 0.422. The van der Waals surface area contributed by atoms with E-state index in [0.29, 0.717) is 16.9 Å². The second-order valence-corrected chi connectivity index (χ2v) is 10.9. The van der Waals surface area contributed by atoms with Crippen LogP contribution in [0.25, 0.3) is 11.3 Å². The Labute approximate surface area is 193 Å². The van der Waals surface area contributed by atoms with E-state index in [1.54, 1.807) is 69.5 Å². The van der Waals surface area contributed by atoms with Crippen LogP contribution in [0.1, 0.15) is 19.4 Å². The van der Waals surface area contributed by atoms with Crippen molar-refractivity contribution in [3.63, 3.8) is 0 Å². The van der Waals surface area contributed by atoms with Gasteiger partial charge in [0.15, 0.2) is 5.30 Å². The number of aromatic nitrogens is 1. The molecule has 178 valence electrons. The molecule has 33 heavy (non-hydrogen) atoms. The molecule has 0 radical (unpaired) electrons. The SMILES string of the molecule is CCOP(=O)(OCC)c1c(-c2ccccc2)noc1N(Cc1ccc(OC)cc1)S(C)(=O)=O. The molecule has 3 rings (SSSR count). The Morgan fingerprint density at radius 1 is 1.00 bits per heavy atom. The molecule has 0 bridgehead atoms. The van der Waals surface area contributed by atoms with E-state index in [0.717, 1.165) is 10.6 Å². The van der Waals surface area contributed by atoms with Gasteiger partial charge in [0.25, 0.3) is 5.88 Å². The average molecular weight is 495 g/mol. The molecule has 1 aromatic heterocycles. The predicted molar refractivity (Wildman–Crippen MR) is 126 cm³/mol. The number of methoxy groups -OCH3 is 1. The lowest BCUT2D eigenvalue weighted by molar-refractivity contribution is 0.230. The number of hydrogen-bond acceptors (Lipinski definition) is 8. The third-order valence-electron chi connectivity index (χ3n) is 4.68. The summed E-state index contributed by atoms with van der Waals surface area (Å²) in [6.45, 7) is 3.41. The largest absolute Gasteiger partial charge is 0.497 e. The summed E-state index contributed by atoms with van der Waals surface area (Å²) >= 11 is 0. The van der Waals surface area contributed by atoms with Crippen molar-refractivity contribution in [1.82, 2.24) is 5.16 Å². The lowest BCUT2D eigenvalue weighted by atomic mass is 10.1. The first-order valence-corrected chi connectivity index (χ1v) is 13.7. The summed E-state index contributed by atoms with van der Waals surface area (Å²) in [4.78, 5) is 0. The van der Waals surface area contributed by atoms with Gasteiger partial charge < -0.3 is 18.3 Å². The van der Waals surface area contributed by atoms with Crippen LogP contribution in [-0.4, -0.2) is 40.2 Å². The van der Waals surface area contributed by atoms with Crippen LogP contribution in [0.5, 0.6) is 5.75 Å². The molecule has 9 nitrogen and oxygen atoms in total. The zero-order valence-electron chi connectivity index (χ0n) is 18.9. The molecule has 2 aromatic carbocycles. The van der Waals surface area contributed by atoms with Gasteiger partial charge in [-0.05, 0) is 31.5 Å². The van der Waals surface area contributed by atoms with Crippen LogP contribution < -0.4 is 14.3 Å². The molecule has 0 aliphatic rings. The van der Waals surface area contributed by atoms with Gasteiger partial charge in [0.1, 0.15) is 11.4 Å². The Kier molecular flexibility index (Phi) is 7.97. The van der Waals surface area contributed by atoms with Crippen molar-refractivity contribution in [2.75, 3.05) is 30.9 Å². The molecule has 0 amide bonds. The van der Waals surface area contributed by atoms with E-state index in [1.807, 2.05) is 6.07 Å². The highest BCUT2D eigenvalue weighted by atomic mass is 32.2. The molecular weight excluding hydrogens is 467 g/mol. The number of rotatable bonds is 11. The van der Waals surface area contributed by atoms with Gasteiger partial charge in [-0.1, -0.05) is 47.6 Å².